The van der Waals surface area contributed by atoms with E-state index in [1.54, 1.807) is 24.5 Å². The number of para-hydroxylation sites is 2. The van der Waals surface area contributed by atoms with Crippen LogP contribution in [0.2, 0.25) is 10.0 Å². The lowest BCUT2D eigenvalue weighted by Gasteiger charge is -2.09. The first-order valence-electron chi connectivity index (χ1n) is 7.85. The molecule has 7 heteroatoms. The molecule has 0 atom stereocenters. The first-order valence-corrected chi connectivity index (χ1v) is 8.61. The van der Waals surface area contributed by atoms with Crippen molar-refractivity contribution in [2.75, 3.05) is 0 Å². The topological polar surface area (TPSA) is 56.7 Å². The van der Waals surface area contributed by atoms with Gasteiger partial charge in [0.15, 0.2) is 22.9 Å². The molecule has 3 heterocycles. The number of hydrogen-bond acceptors (Lipinski definition) is 4. The number of nitrogens with zero attached hydrogens (tertiary/aromatic N) is 4. The van der Waals surface area contributed by atoms with Gasteiger partial charge in [-0.1, -0.05) is 35.3 Å². The molecule has 0 aliphatic rings. The summed E-state index contributed by atoms with van der Waals surface area (Å²) in [6, 6.07) is 16.6. The van der Waals surface area contributed by atoms with E-state index in [-0.39, 0.29) is 0 Å². The van der Waals surface area contributed by atoms with Gasteiger partial charge < -0.3 is 4.42 Å². The highest BCUT2D eigenvalue weighted by Gasteiger charge is 2.20. The van der Waals surface area contributed by atoms with Crippen molar-refractivity contribution in [1.82, 2.24) is 19.5 Å². The molecule has 0 aliphatic heterocycles. The second kappa shape index (κ2) is 5.83. The molecular formula is C19H10Cl2N4O. The van der Waals surface area contributed by atoms with Gasteiger partial charge in [-0.05, 0) is 42.5 Å². The third kappa shape index (κ3) is 2.36. The van der Waals surface area contributed by atoms with Gasteiger partial charge in [-0.3, -0.25) is 4.57 Å². The minimum atomic E-state index is 0.486. The summed E-state index contributed by atoms with van der Waals surface area (Å²) in [7, 11) is 0. The quantitative estimate of drug-likeness (QED) is 0.403. The predicted molar refractivity (Wildman–Crippen MR) is 102 cm³/mol. The summed E-state index contributed by atoms with van der Waals surface area (Å²) >= 11 is 12.5. The van der Waals surface area contributed by atoms with Gasteiger partial charge in [-0.25, -0.2) is 15.0 Å². The molecule has 0 amide bonds. The lowest BCUT2D eigenvalue weighted by atomic mass is 10.3. The number of aromatic nitrogens is 4. The van der Waals surface area contributed by atoms with Crippen molar-refractivity contribution >= 4 is 45.5 Å². The van der Waals surface area contributed by atoms with Crippen molar-refractivity contribution in [1.29, 1.82) is 0 Å². The molecule has 0 unspecified atom stereocenters. The van der Waals surface area contributed by atoms with Gasteiger partial charge in [-0.15, -0.1) is 0 Å². The molecule has 5 nitrogen and oxygen atoms in total. The minimum absolute atomic E-state index is 0.486. The Balaban J connectivity index is 1.91. The summed E-state index contributed by atoms with van der Waals surface area (Å²) in [6.45, 7) is 0. The fourth-order valence-corrected chi connectivity index (χ4v) is 3.41. The van der Waals surface area contributed by atoms with E-state index < -0.39 is 0 Å². The lowest BCUT2D eigenvalue weighted by molar-refractivity contribution is 0.576. The molecule has 0 spiro atoms. The maximum absolute atomic E-state index is 6.46. The number of fused-ring (bicyclic) bond motifs is 2. The zero-order valence-electron chi connectivity index (χ0n) is 13.2. The van der Waals surface area contributed by atoms with E-state index in [0.29, 0.717) is 38.6 Å². The average Bonchev–Trinajstić information content (AvgIpc) is 3.27. The van der Waals surface area contributed by atoms with Crippen molar-refractivity contribution in [3.05, 3.63) is 70.9 Å². The zero-order chi connectivity index (χ0) is 17.7. The van der Waals surface area contributed by atoms with Crippen LogP contribution >= 0.6 is 23.2 Å². The third-order valence-corrected chi connectivity index (χ3v) is 4.60. The first kappa shape index (κ1) is 15.4. The smallest absolute Gasteiger partial charge is 0.199 e. The average molecular weight is 381 g/mol. The summed E-state index contributed by atoms with van der Waals surface area (Å²) in [5, 5.41) is 1.04. The van der Waals surface area contributed by atoms with Crippen LogP contribution in [0.5, 0.6) is 0 Å². The number of halogens is 2. The Bertz CT molecular complexity index is 1260. The minimum Gasteiger partial charge on any atom is -0.461 e. The second-order valence-electron chi connectivity index (χ2n) is 5.70. The van der Waals surface area contributed by atoms with E-state index in [1.807, 2.05) is 41.0 Å². The van der Waals surface area contributed by atoms with E-state index in [9.17, 15) is 0 Å². The molecule has 0 fully saturated rings. The van der Waals surface area contributed by atoms with Gasteiger partial charge in [0.1, 0.15) is 0 Å². The van der Waals surface area contributed by atoms with E-state index in [2.05, 4.69) is 9.97 Å². The van der Waals surface area contributed by atoms with E-state index >= 15 is 0 Å². The predicted octanol–water partition coefficient (Wildman–Crippen LogP) is 5.54. The van der Waals surface area contributed by atoms with Gasteiger partial charge >= 0.3 is 0 Å². The molecule has 5 rings (SSSR count). The Hall–Kier alpha value is -2.89. The highest BCUT2D eigenvalue weighted by molar-refractivity contribution is 6.35. The van der Waals surface area contributed by atoms with Crippen LogP contribution in [0.4, 0.5) is 0 Å². The van der Waals surface area contributed by atoms with Crippen LogP contribution in [0.3, 0.4) is 0 Å². The number of benzene rings is 2. The normalized spacial score (nSPS) is 11.5. The van der Waals surface area contributed by atoms with Crippen LogP contribution in [0.1, 0.15) is 0 Å². The van der Waals surface area contributed by atoms with Crippen LogP contribution in [0.25, 0.3) is 39.6 Å². The third-order valence-electron chi connectivity index (χ3n) is 4.06. The molecular weight excluding hydrogens is 371 g/mol. The van der Waals surface area contributed by atoms with Gasteiger partial charge in [0.2, 0.25) is 0 Å². The lowest BCUT2D eigenvalue weighted by Crippen LogP contribution is -1.99. The van der Waals surface area contributed by atoms with Gasteiger partial charge in [0, 0.05) is 5.02 Å². The number of imidazole rings is 1. The highest BCUT2D eigenvalue weighted by atomic mass is 35.5. The molecule has 0 aliphatic carbocycles. The molecule has 26 heavy (non-hydrogen) atoms. The van der Waals surface area contributed by atoms with Gasteiger partial charge in [0.05, 0.1) is 28.0 Å². The van der Waals surface area contributed by atoms with Crippen LogP contribution in [-0.4, -0.2) is 19.5 Å². The van der Waals surface area contributed by atoms with Crippen LogP contribution in [0, 0.1) is 0 Å². The summed E-state index contributed by atoms with van der Waals surface area (Å²) in [6.07, 6.45) is 1.60. The Morgan fingerprint density at radius 1 is 0.846 bits per heavy atom. The van der Waals surface area contributed by atoms with Gasteiger partial charge in [-0.2, -0.15) is 0 Å². The van der Waals surface area contributed by atoms with Crippen molar-refractivity contribution in [2.24, 2.45) is 0 Å². The standard InChI is InChI=1S/C19H10Cl2N4O/c20-11-7-8-15(12(21)10-11)25-18(16-6-3-9-26-16)24-17-19(25)23-14-5-2-1-4-13(14)22-17/h1-10H. The molecule has 0 saturated carbocycles. The van der Waals surface area contributed by atoms with Crippen molar-refractivity contribution in [3.63, 3.8) is 0 Å². The SMILES string of the molecule is Clc1ccc(-n2c(-c3ccco3)nc3nc4ccccc4nc32)c(Cl)c1. The van der Waals surface area contributed by atoms with Crippen LogP contribution < -0.4 is 0 Å². The maximum atomic E-state index is 6.46. The number of furan rings is 1. The Labute approximate surface area is 157 Å². The fourth-order valence-electron chi connectivity index (χ4n) is 2.92. The molecule has 5 aromatic rings. The summed E-state index contributed by atoms with van der Waals surface area (Å²) in [5.74, 6) is 1.17. The molecule has 0 radical (unpaired) electrons. The first-order chi connectivity index (χ1) is 12.7. The van der Waals surface area contributed by atoms with Crippen LogP contribution in [0.15, 0.2) is 65.3 Å². The van der Waals surface area contributed by atoms with Crippen LogP contribution in [-0.2, 0) is 0 Å². The molecule has 126 valence electrons. The van der Waals surface area contributed by atoms with Crippen molar-refractivity contribution in [2.45, 2.75) is 0 Å². The van der Waals surface area contributed by atoms with E-state index in [1.165, 1.54) is 0 Å². The fraction of sp³-hybridized carbons (Fsp3) is 0. The molecule has 0 bridgehead atoms. The Morgan fingerprint density at radius 3 is 2.38 bits per heavy atom. The molecule has 0 N–H and O–H groups in total. The largest absolute Gasteiger partial charge is 0.461 e. The van der Waals surface area contributed by atoms with Gasteiger partial charge in [0.25, 0.3) is 0 Å². The summed E-state index contributed by atoms with van der Waals surface area (Å²) < 4.78 is 7.40. The molecule has 0 saturated heterocycles. The second-order valence-corrected chi connectivity index (χ2v) is 6.55. The molecule has 2 aromatic carbocycles. The number of rotatable bonds is 2. The number of hydrogen-bond donors (Lipinski definition) is 0. The Kier molecular flexibility index (Phi) is 3.45. The van der Waals surface area contributed by atoms with E-state index in [0.717, 1.165) is 11.0 Å². The van der Waals surface area contributed by atoms with Crippen molar-refractivity contribution < 1.29 is 4.42 Å². The van der Waals surface area contributed by atoms with Crippen molar-refractivity contribution in [3.8, 4) is 17.3 Å². The maximum Gasteiger partial charge on any atom is 0.199 e. The Morgan fingerprint density at radius 2 is 1.65 bits per heavy atom. The highest BCUT2D eigenvalue weighted by Crippen LogP contribution is 2.32. The zero-order valence-corrected chi connectivity index (χ0v) is 14.7. The summed E-state index contributed by atoms with van der Waals surface area (Å²) in [5.41, 5.74) is 3.37. The summed E-state index contributed by atoms with van der Waals surface area (Å²) in [4.78, 5) is 14.0. The monoisotopic (exact) mass is 380 g/mol. The molecule has 3 aromatic heterocycles. The van der Waals surface area contributed by atoms with E-state index in [4.69, 9.17) is 32.6 Å².